The Morgan fingerprint density at radius 1 is 1.00 bits per heavy atom. The molecule has 0 unspecified atom stereocenters. The molecule has 1 aliphatic heterocycles. The van der Waals surface area contributed by atoms with Gasteiger partial charge in [0.05, 0.1) is 0 Å². The van der Waals surface area contributed by atoms with E-state index in [2.05, 4.69) is 9.94 Å². The molecular formula is C7H14BN3. The lowest BCUT2D eigenvalue weighted by atomic mass is 9.55. The van der Waals surface area contributed by atoms with Crippen molar-refractivity contribution in [2.75, 3.05) is 0 Å². The monoisotopic (exact) mass is 151 g/mol. The van der Waals surface area contributed by atoms with Crippen LogP contribution >= 0.6 is 0 Å². The first-order chi connectivity index (χ1) is 5.43. The first-order valence-electron chi connectivity index (χ1n) is 4.47. The summed E-state index contributed by atoms with van der Waals surface area (Å²) >= 11 is 0. The minimum atomic E-state index is 0.292. The van der Waals surface area contributed by atoms with Gasteiger partial charge in [0.15, 0.2) is 0 Å². The third-order valence-corrected chi connectivity index (χ3v) is 2.29. The van der Waals surface area contributed by atoms with E-state index in [1.54, 1.807) is 0 Å². The van der Waals surface area contributed by atoms with Gasteiger partial charge in [-0.05, 0) is 10.4 Å². The molecule has 3 nitrogen and oxygen atoms in total. The van der Waals surface area contributed by atoms with Crippen LogP contribution in [-0.2, 0) is 0 Å². The van der Waals surface area contributed by atoms with Crippen molar-refractivity contribution in [2.45, 2.75) is 44.7 Å². The second kappa shape index (κ2) is 5.08. The summed E-state index contributed by atoms with van der Waals surface area (Å²) in [6.07, 6.45) is 8.68. The van der Waals surface area contributed by atoms with Crippen molar-refractivity contribution < 1.29 is 0 Å². The van der Waals surface area contributed by atoms with E-state index < -0.39 is 0 Å². The summed E-state index contributed by atoms with van der Waals surface area (Å²) < 4.78 is 0. The van der Waals surface area contributed by atoms with Crippen LogP contribution in [0.15, 0.2) is 5.03 Å². The highest BCUT2D eigenvalue weighted by atomic mass is 15.1. The molecule has 0 bridgehead atoms. The lowest BCUT2D eigenvalue weighted by molar-refractivity contribution is 0.634. The molecule has 0 aromatic carbocycles. The van der Waals surface area contributed by atoms with Gasteiger partial charge in [-0.25, -0.2) is 0 Å². The lowest BCUT2D eigenvalue weighted by Gasteiger charge is -2.10. The molecule has 0 saturated carbocycles. The van der Waals surface area contributed by atoms with Crippen molar-refractivity contribution in [1.82, 2.24) is 0 Å². The summed E-state index contributed by atoms with van der Waals surface area (Å²) in [7, 11) is 0. The average Bonchev–Trinajstić information content (AvgIpc) is 1.94. The number of hydrogen-bond acceptors (Lipinski definition) is 1. The topological polar surface area (TPSA) is 48.8 Å². The highest BCUT2D eigenvalue weighted by molar-refractivity contribution is 6.56. The van der Waals surface area contributed by atoms with Crippen molar-refractivity contribution in [3.05, 3.63) is 10.4 Å². The van der Waals surface area contributed by atoms with Gasteiger partial charge in [-0.15, -0.1) is 5.03 Å². The second-order valence-electron chi connectivity index (χ2n) is 3.20. The van der Waals surface area contributed by atoms with Crippen LogP contribution in [0.3, 0.4) is 0 Å². The van der Waals surface area contributed by atoms with E-state index >= 15 is 0 Å². The molecule has 0 atom stereocenters. The molecule has 0 aromatic rings. The summed E-state index contributed by atoms with van der Waals surface area (Å²) in [6, 6.07) is 0. The van der Waals surface area contributed by atoms with Gasteiger partial charge in [0, 0.05) is 0 Å². The Hall–Kier alpha value is -0.625. The summed E-state index contributed by atoms with van der Waals surface area (Å²) in [5, 5.41) is 3.77. The van der Waals surface area contributed by atoms with Crippen molar-refractivity contribution in [3.63, 3.8) is 0 Å². The molecule has 0 radical (unpaired) electrons. The standard InChI is InChI=1S/C7H14BN3/c9-11-10-8-6-4-2-1-3-5-7-8/h1-7H2. The Morgan fingerprint density at radius 2 is 1.55 bits per heavy atom. The van der Waals surface area contributed by atoms with Crippen LogP contribution in [0, 0.1) is 0 Å². The smallest absolute Gasteiger partial charge is 0.148 e. The minimum absolute atomic E-state index is 0.292. The molecule has 0 N–H and O–H groups in total. The van der Waals surface area contributed by atoms with Crippen LogP contribution in [-0.4, -0.2) is 6.85 Å². The van der Waals surface area contributed by atoms with Gasteiger partial charge < -0.3 is 0 Å². The summed E-state index contributed by atoms with van der Waals surface area (Å²) in [6.45, 7) is 0.292. The molecule has 1 heterocycles. The third-order valence-electron chi connectivity index (χ3n) is 2.29. The van der Waals surface area contributed by atoms with Crippen LogP contribution in [0.4, 0.5) is 0 Å². The zero-order chi connectivity index (χ0) is 7.94. The summed E-state index contributed by atoms with van der Waals surface area (Å²) in [5.74, 6) is 0. The number of nitrogens with zero attached hydrogens (tertiary/aromatic N) is 3. The molecule has 11 heavy (non-hydrogen) atoms. The highest BCUT2D eigenvalue weighted by Crippen LogP contribution is 2.18. The van der Waals surface area contributed by atoms with Gasteiger partial charge in [0.2, 0.25) is 6.85 Å². The van der Waals surface area contributed by atoms with Crippen LogP contribution in [0.25, 0.3) is 10.4 Å². The van der Waals surface area contributed by atoms with E-state index in [-0.39, 0.29) is 0 Å². The van der Waals surface area contributed by atoms with Crippen LogP contribution in [0.1, 0.15) is 32.1 Å². The fourth-order valence-corrected chi connectivity index (χ4v) is 1.62. The molecule has 1 rings (SSSR count). The Kier molecular flexibility index (Phi) is 3.91. The van der Waals surface area contributed by atoms with Crippen molar-refractivity contribution in [1.29, 1.82) is 0 Å². The number of azide groups is 1. The Balaban J connectivity index is 2.31. The first kappa shape index (κ1) is 8.47. The van der Waals surface area contributed by atoms with E-state index in [0.29, 0.717) is 6.85 Å². The largest absolute Gasteiger partial charge is 0.243 e. The fraction of sp³-hybridized carbons (Fsp3) is 1.00. The second-order valence-corrected chi connectivity index (χ2v) is 3.20. The lowest BCUT2D eigenvalue weighted by Crippen LogP contribution is -2.09. The summed E-state index contributed by atoms with van der Waals surface area (Å²) in [4.78, 5) is 2.86. The quantitative estimate of drug-likeness (QED) is 0.239. The first-order valence-corrected chi connectivity index (χ1v) is 4.47. The minimum Gasteiger partial charge on any atom is -0.148 e. The highest BCUT2D eigenvalue weighted by Gasteiger charge is 2.12. The Morgan fingerprint density at radius 3 is 2.09 bits per heavy atom. The third kappa shape index (κ3) is 3.33. The molecule has 60 valence electrons. The molecule has 0 spiro atoms. The predicted octanol–water partition coefficient (Wildman–Crippen LogP) is 3.25. The van der Waals surface area contributed by atoms with E-state index in [1.807, 2.05) is 0 Å². The molecule has 0 amide bonds. The molecular weight excluding hydrogens is 137 g/mol. The molecule has 1 aliphatic rings. The molecule has 0 aromatic heterocycles. The molecule has 0 aliphatic carbocycles. The maximum Gasteiger partial charge on any atom is 0.243 e. The van der Waals surface area contributed by atoms with Crippen molar-refractivity contribution in [3.8, 4) is 0 Å². The zero-order valence-corrected chi connectivity index (χ0v) is 6.87. The van der Waals surface area contributed by atoms with Gasteiger partial charge in [-0.2, -0.15) is 0 Å². The van der Waals surface area contributed by atoms with Crippen molar-refractivity contribution >= 4 is 6.85 Å². The SMILES string of the molecule is [N-]=[N+]=NB1CCCCCCC1. The summed E-state index contributed by atoms with van der Waals surface area (Å²) in [5.41, 5.74) is 8.24. The Labute approximate surface area is 67.9 Å². The van der Waals surface area contributed by atoms with Crippen molar-refractivity contribution in [2.24, 2.45) is 5.03 Å². The zero-order valence-electron chi connectivity index (χ0n) is 6.87. The van der Waals surface area contributed by atoms with Crippen LogP contribution in [0.2, 0.25) is 12.6 Å². The van der Waals surface area contributed by atoms with E-state index in [9.17, 15) is 0 Å². The molecule has 1 saturated heterocycles. The van der Waals surface area contributed by atoms with E-state index in [1.165, 1.54) is 32.1 Å². The number of hydrogen-bond donors (Lipinski definition) is 0. The molecule has 1 fully saturated rings. The normalized spacial score (nSPS) is 19.8. The van der Waals surface area contributed by atoms with Gasteiger partial charge >= 0.3 is 0 Å². The van der Waals surface area contributed by atoms with E-state index in [4.69, 9.17) is 5.53 Å². The van der Waals surface area contributed by atoms with Crippen LogP contribution < -0.4 is 0 Å². The van der Waals surface area contributed by atoms with Crippen LogP contribution in [0.5, 0.6) is 0 Å². The number of rotatable bonds is 1. The van der Waals surface area contributed by atoms with E-state index in [0.717, 1.165) is 12.6 Å². The predicted molar refractivity (Wildman–Crippen MR) is 47.6 cm³/mol. The van der Waals surface area contributed by atoms with Gasteiger partial charge in [-0.3, -0.25) is 0 Å². The van der Waals surface area contributed by atoms with Gasteiger partial charge in [0.25, 0.3) is 0 Å². The maximum atomic E-state index is 8.24. The van der Waals surface area contributed by atoms with Gasteiger partial charge in [0.1, 0.15) is 0 Å². The Bertz CT molecular complexity index is 146. The fourth-order valence-electron chi connectivity index (χ4n) is 1.62. The molecule has 4 heteroatoms. The average molecular weight is 151 g/mol. The maximum absolute atomic E-state index is 8.24. The van der Waals surface area contributed by atoms with Gasteiger partial charge in [-0.1, -0.05) is 44.7 Å².